The van der Waals surface area contributed by atoms with Crippen molar-refractivity contribution in [1.29, 1.82) is 0 Å². The third-order valence-electron chi connectivity index (χ3n) is 4.94. The maximum Gasteiger partial charge on any atom is 0.247 e. The summed E-state index contributed by atoms with van der Waals surface area (Å²) in [5.41, 5.74) is 3.16. The monoisotopic (exact) mass is 389 g/mol. The Hall–Kier alpha value is -2.84. The minimum atomic E-state index is -0.0567. The van der Waals surface area contributed by atoms with Crippen LogP contribution in [-0.4, -0.2) is 10.8 Å². The van der Waals surface area contributed by atoms with Crippen LogP contribution in [0, 0.1) is 0 Å². The van der Waals surface area contributed by atoms with Gasteiger partial charge in [0.15, 0.2) is 0 Å². The number of carbonyl (C=O) groups is 1. The minimum absolute atomic E-state index is 0.0253. The number of rotatable bonds is 6. The van der Waals surface area contributed by atoms with Crippen molar-refractivity contribution >= 4 is 23.6 Å². The lowest BCUT2D eigenvalue weighted by molar-refractivity contribution is -0.130. The highest BCUT2D eigenvalue weighted by molar-refractivity contribution is 6.30. The van der Waals surface area contributed by atoms with E-state index in [-0.39, 0.29) is 18.0 Å². The molecule has 142 valence electrons. The van der Waals surface area contributed by atoms with E-state index in [1.807, 2.05) is 71.6 Å². The standard InChI is InChI=1S/C25H24ClNO/c1-19(22-9-5-3-6-10-22)27(20(2)23-11-7-4-8-12-23)25(28)18-15-21-13-16-24(26)17-14-21/h3-20H,1-2H3/b18-15+/t19-,20-/m0/s1. The molecule has 0 aliphatic heterocycles. The van der Waals surface area contributed by atoms with E-state index in [1.165, 1.54) is 0 Å². The zero-order chi connectivity index (χ0) is 19.9. The molecule has 0 radical (unpaired) electrons. The Morgan fingerprint density at radius 3 is 1.71 bits per heavy atom. The van der Waals surface area contributed by atoms with E-state index in [0.29, 0.717) is 5.02 Å². The second-order valence-corrected chi connectivity index (χ2v) is 7.24. The van der Waals surface area contributed by atoms with Crippen molar-refractivity contribution in [3.8, 4) is 0 Å². The molecule has 0 bridgehead atoms. The van der Waals surface area contributed by atoms with Gasteiger partial charge in [0.05, 0.1) is 12.1 Å². The lowest BCUT2D eigenvalue weighted by atomic mass is 10.0. The number of amides is 1. The quantitative estimate of drug-likeness (QED) is 0.429. The van der Waals surface area contributed by atoms with E-state index in [1.54, 1.807) is 6.08 Å². The lowest BCUT2D eigenvalue weighted by Gasteiger charge is -2.34. The van der Waals surface area contributed by atoms with Crippen LogP contribution in [0.4, 0.5) is 0 Å². The van der Waals surface area contributed by atoms with Gasteiger partial charge in [0, 0.05) is 11.1 Å². The smallest absolute Gasteiger partial charge is 0.247 e. The van der Waals surface area contributed by atoms with Crippen LogP contribution < -0.4 is 0 Å². The van der Waals surface area contributed by atoms with Gasteiger partial charge in [-0.15, -0.1) is 0 Å². The van der Waals surface area contributed by atoms with Gasteiger partial charge in [-0.3, -0.25) is 4.79 Å². The van der Waals surface area contributed by atoms with Crippen molar-refractivity contribution in [3.05, 3.63) is 113 Å². The Morgan fingerprint density at radius 1 is 0.786 bits per heavy atom. The van der Waals surface area contributed by atoms with Crippen molar-refractivity contribution in [1.82, 2.24) is 4.90 Å². The molecule has 0 unspecified atom stereocenters. The number of halogens is 1. The van der Waals surface area contributed by atoms with Crippen LogP contribution >= 0.6 is 11.6 Å². The summed E-state index contributed by atoms with van der Waals surface area (Å²) in [6.45, 7) is 4.14. The van der Waals surface area contributed by atoms with Crippen LogP contribution in [-0.2, 0) is 4.79 Å². The topological polar surface area (TPSA) is 20.3 Å². The Kier molecular flexibility index (Phi) is 6.67. The molecule has 28 heavy (non-hydrogen) atoms. The summed E-state index contributed by atoms with van der Waals surface area (Å²) in [5.74, 6) is -0.0253. The van der Waals surface area contributed by atoms with Crippen molar-refractivity contribution < 1.29 is 4.79 Å². The Labute approximate surface area is 172 Å². The van der Waals surface area contributed by atoms with Gasteiger partial charge in [-0.2, -0.15) is 0 Å². The SMILES string of the molecule is C[C@@H](c1ccccc1)N(C(=O)/C=C/c1ccc(Cl)cc1)[C@@H](C)c1ccccc1. The van der Waals surface area contributed by atoms with Crippen molar-refractivity contribution in [2.45, 2.75) is 25.9 Å². The molecule has 0 saturated carbocycles. The molecule has 1 amide bonds. The maximum absolute atomic E-state index is 13.2. The number of benzene rings is 3. The van der Waals surface area contributed by atoms with Crippen molar-refractivity contribution in [2.75, 3.05) is 0 Å². The van der Waals surface area contributed by atoms with Crippen molar-refractivity contribution in [2.24, 2.45) is 0 Å². The van der Waals surface area contributed by atoms with Crippen LogP contribution in [0.25, 0.3) is 6.08 Å². The van der Waals surface area contributed by atoms with Gasteiger partial charge < -0.3 is 4.90 Å². The summed E-state index contributed by atoms with van der Waals surface area (Å²) >= 11 is 5.94. The molecule has 0 aromatic heterocycles. The fraction of sp³-hybridized carbons (Fsp3) is 0.160. The van der Waals surface area contributed by atoms with Crippen LogP contribution in [0.1, 0.15) is 42.6 Å². The highest BCUT2D eigenvalue weighted by Gasteiger charge is 2.26. The molecule has 0 aliphatic rings. The van der Waals surface area contributed by atoms with Crippen LogP contribution in [0.3, 0.4) is 0 Å². The summed E-state index contributed by atoms with van der Waals surface area (Å²) in [6, 6.07) is 27.6. The highest BCUT2D eigenvalue weighted by atomic mass is 35.5. The summed E-state index contributed by atoms with van der Waals surface area (Å²) in [6.07, 6.45) is 3.48. The molecule has 0 heterocycles. The first-order valence-electron chi connectivity index (χ1n) is 9.42. The molecule has 0 fully saturated rings. The summed E-state index contributed by atoms with van der Waals surface area (Å²) < 4.78 is 0. The summed E-state index contributed by atoms with van der Waals surface area (Å²) in [5, 5.41) is 0.681. The van der Waals surface area contributed by atoms with Crippen LogP contribution in [0.15, 0.2) is 91.0 Å². The molecule has 3 heteroatoms. The molecule has 3 aromatic rings. The number of hydrogen-bond acceptors (Lipinski definition) is 1. The van der Waals surface area contributed by atoms with Gasteiger partial charge in [0.25, 0.3) is 0 Å². The predicted octanol–water partition coefficient (Wildman–Crippen LogP) is 6.70. The fourth-order valence-corrected chi connectivity index (χ4v) is 3.45. The van der Waals surface area contributed by atoms with Gasteiger partial charge in [-0.05, 0) is 48.7 Å². The normalized spacial score (nSPS) is 13.2. The Morgan fingerprint density at radius 2 is 1.25 bits per heavy atom. The van der Waals surface area contributed by atoms with E-state index < -0.39 is 0 Å². The van der Waals surface area contributed by atoms with Gasteiger partial charge in [0.2, 0.25) is 5.91 Å². The zero-order valence-electron chi connectivity index (χ0n) is 16.1. The van der Waals surface area contributed by atoms with E-state index in [4.69, 9.17) is 11.6 Å². The van der Waals surface area contributed by atoms with Crippen molar-refractivity contribution in [3.63, 3.8) is 0 Å². The largest absolute Gasteiger partial charge is 0.326 e. The molecular weight excluding hydrogens is 366 g/mol. The molecule has 2 nitrogen and oxygen atoms in total. The molecule has 3 rings (SSSR count). The van der Waals surface area contributed by atoms with Crippen LogP contribution in [0.5, 0.6) is 0 Å². The average molecular weight is 390 g/mol. The lowest BCUT2D eigenvalue weighted by Crippen LogP contribution is -2.34. The van der Waals surface area contributed by atoms with Gasteiger partial charge in [0.1, 0.15) is 0 Å². The van der Waals surface area contributed by atoms with Crippen LogP contribution in [0.2, 0.25) is 5.02 Å². The third-order valence-corrected chi connectivity index (χ3v) is 5.19. The van der Waals surface area contributed by atoms with Gasteiger partial charge in [-0.25, -0.2) is 0 Å². The highest BCUT2D eigenvalue weighted by Crippen LogP contribution is 2.30. The molecule has 0 saturated heterocycles. The van der Waals surface area contributed by atoms with Gasteiger partial charge >= 0.3 is 0 Å². The van der Waals surface area contributed by atoms with E-state index in [2.05, 4.69) is 38.1 Å². The first kappa shape index (κ1) is 19.9. The molecule has 0 aliphatic carbocycles. The fourth-order valence-electron chi connectivity index (χ4n) is 3.33. The zero-order valence-corrected chi connectivity index (χ0v) is 16.9. The molecule has 0 N–H and O–H groups in total. The molecule has 0 spiro atoms. The molecule has 2 atom stereocenters. The minimum Gasteiger partial charge on any atom is -0.326 e. The third kappa shape index (κ3) is 4.90. The average Bonchev–Trinajstić information content (AvgIpc) is 2.74. The Bertz CT molecular complexity index is 874. The van der Waals surface area contributed by atoms with E-state index in [0.717, 1.165) is 16.7 Å². The Balaban J connectivity index is 1.90. The second kappa shape index (κ2) is 9.38. The van der Waals surface area contributed by atoms with E-state index in [9.17, 15) is 4.79 Å². The van der Waals surface area contributed by atoms with Gasteiger partial charge in [-0.1, -0.05) is 84.4 Å². The number of carbonyl (C=O) groups excluding carboxylic acids is 1. The second-order valence-electron chi connectivity index (χ2n) is 6.80. The maximum atomic E-state index is 13.2. The first-order valence-corrected chi connectivity index (χ1v) is 9.80. The molecular formula is C25H24ClNO. The number of hydrogen-bond donors (Lipinski definition) is 0. The summed E-state index contributed by atoms with van der Waals surface area (Å²) in [4.78, 5) is 15.2. The summed E-state index contributed by atoms with van der Waals surface area (Å²) in [7, 11) is 0. The molecule has 3 aromatic carbocycles. The number of nitrogens with zero attached hydrogens (tertiary/aromatic N) is 1. The first-order chi connectivity index (χ1) is 13.6. The van der Waals surface area contributed by atoms with E-state index >= 15 is 0 Å². The predicted molar refractivity (Wildman–Crippen MR) is 117 cm³/mol.